The molecule has 0 aliphatic carbocycles. The zero-order valence-corrected chi connectivity index (χ0v) is 12.6. The van der Waals surface area contributed by atoms with Crippen molar-refractivity contribution in [3.8, 4) is 5.75 Å². The number of nitrogens with two attached hydrogens (primary N) is 1. The molecule has 0 spiro atoms. The number of piperazine rings is 1. The first-order valence-corrected chi connectivity index (χ1v) is 6.81. The summed E-state index contributed by atoms with van der Waals surface area (Å²) in [5.41, 5.74) is 6.21. The predicted octanol–water partition coefficient (Wildman–Crippen LogP) is 0.477. The molecule has 1 fully saturated rings. The maximum atomic E-state index is 13.6. The molecule has 4 N–H and O–H groups in total. The molecular weight excluding hydrogens is 287 g/mol. The highest BCUT2D eigenvalue weighted by Crippen LogP contribution is 2.20. The number of benzene rings is 1. The number of methoxy groups -OCH3 is 1. The second-order valence-electron chi connectivity index (χ2n) is 5.14. The van der Waals surface area contributed by atoms with E-state index in [1.807, 2.05) is 11.9 Å². The molecule has 1 heterocycles. The molecule has 1 aromatic carbocycles. The molecule has 0 unspecified atom stereocenters. The molecule has 1 aliphatic heterocycles. The van der Waals surface area contributed by atoms with Crippen LogP contribution in [0.2, 0.25) is 0 Å². The van der Waals surface area contributed by atoms with E-state index in [1.165, 1.54) is 25.3 Å². The number of nitrogens with zero attached hydrogens (tertiary/aromatic N) is 1. The normalized spacial score (nSPS) is 17.6. The highest BCUT2D eigenvalue weighted by atomic mass is 19.1. The molecule has 1 amide bonds. The molecule has 0 bridgehead atoms. The molecule has 22 heavy (non-hydrogen) atoms. The Morgan fingerprint density at radius 2 is 2.18 bits per heavy atom. The number of hydrogen-bond acceptors (Lipinski definition) is 5. The van der Waals surface area contributed by atoms with Crippen LogP contribution in [0.1, 0.15) is 5.56 Å². The fraction of sp³-hybridized carbons (Fsp3) is 0.333. The third-order valence-electron chi connectivity index (χ3n) is 3.45. The Labute approximate surface area is 128 Å². The van der Waals surface area contributed by atoms with Gasteiger partial charge in [0.2, 0.25) is 0 Å². The number of halogens is 1. The van der Waals surface area contributed by atoms with Crippen molar-refractivity contribution in [3.63, 3.8) is 0 Å². The Hall–Kier alpha value is -2.41. The van der Waals surface area contributed by atoms with Gasteiger partial charge in [0.05, 0.1) is 18.4 Å². The van der Waals surface area contributed by atoms with Crippen LogP contribution in [0.3, 0.4) is 0 Å². The van der Waals surface area contributed by atoms with E-state index < -0.39 is 11.7 Å². The van der Waals surface area contributed by atoms with E-state index >= 15 is 0 Å². The van der Waals surface area contributed by atoms with Crippen LogP contribution in [-0.4, -0.2) is 50.3 Å². The summed E-state index contributed by atoms with van der Waals surface area (Å²) >= 11 is 0. The number of ether oxygens (including phenoxy) is 1. The molecule has 0 radical (unpaired) electrons. The van der Waals surface area contributed by atoms with E-state index in [1.54, 1.807) is 0 Å². The maximum Gasteiger partial charge on any atom is 0.252 e. The third-order valence-corrected chi connectivity index (χ3v) is 3.45. The van der Waals surface area contributed by atoms with Crippen molar-refractivity contribution in [3.05, 3.63) is 40.8 Å². The number of rotatable bonds is 4. The van der Waals surface area contributed by atoms with Crippen molar-refractivity contribution < 1.29 is 13.9 Å². The molecular formula is C15H19FN4O2. The van der Waals surface area contributed by atoms with Crippen molar-refractivity contribution in [1.29, 1.82) is 5.41 Å². The second-order valence-corrected chi connectivity index (χ2v) is 5.14. The molecule has 7 heteroatoms. The van der Waals surface area contributed by atoms with E-state index in [0.717, 1.165) is 6.54 Å². The van der Waals surface area contributed by atoms with Crippen LogP contribution in [0.15, 0.2) is 29.5 Å². The molecule has 1 aliphatic rings. The Morgan fingerprint density at radius 3 is 2.77 bits per heavy atom. The first kappa shape index (κ1) is 16.0. The van der Waals surface area contributed by atoms with Crippen LogP contribution >= 0.6 is 0 Å². The number of hydrogen-bond donors (Lipinski definition) is 3. The summed E-state index contributed by atoms with van der Waals surface area (Å²) in [4.78, 5) is 13.8. The minimum Gasteiger partial charge on any atom is -0.497 e. The summed E-state index contributed by atoms with van der Waals surface area (Å²) in [5.74, 6) is -0.977. The van der Waals surface area contributed by atoms with E-state index in [4.69, 9.17) is 15.9 Å². The maximum absolute atomic E-state index is 13.6. The van der Waals surface area contributed by atoms with Gasteiger partial charge in [-0.1, -0.05) is 0 Å². The quantitative estimate of drug-likeness (QED) is 0.557. The number of carbonyl (C=O) groups is 1. The molecule has 2 rings (SSSR count). The highest BCUT2D eigenvalue weighted by Gasteiger charge is 2.23. The first-order valence-electron chi connectivity index (χ1n) is 6.81. The fourth-order valence-corrected chi connectivity index (χ4v) is 2.36. The average Bonchev–Trinajstić information content (AvgIpc) is 2.46. The van der Waals surface area contributed by atoms with Gasteiger partial charge in [-0.05, 0) is 19.2 Å². The van der Waals surface area contributed by atoms with Crippen LogP contribution in [0.25, 0.3) is 0 Å². The molecule has 0 atom stereocenters. The van der Waals surface area contributed by atoms with Crippen LogP contribution in [-0.2, 0) is 4.79 Å². The molecule has 6 nitrogen and oxygen atoms in total. The SMILES string of the molecule is COc1cc(F)cc(C(=N)/C(C(N)=O)=C2/CN(C)CCN2)c1. The number of likely N-dealkylation sites (N-methyl/N-ethyl adjacent to an activating group) is 1. The van der Waals surface area contributed by atoms with Crippen LogP contribution in [0.5, 0.6) is 5.75 Å². The Bertz CT molecular complexity index is 642. The van der Waals surface area contributed by atoms with Crippen molar-refractivity contribution in [2.45, 2.75) is 0 Å². The van der Waals surface area contributed by atoms with Gasteiger partial charge in [-0.15, -0.1) is 0 Å². The van der Waals surface area contributed by atoms with Crippen LogP contribution < -0.4 is 15.8 Å². The predicted molar refractivity (Wildman–Crippen MR) is 81.5 cm³/mol. The number of carbonyl (C=O) groups excluding carboxylic acids is 1. The van der Waals surface area contributed by atoms with Crippen LogP contribution in [0.4, 0.5) is 4.39 Å². The standard InChI is InChI=1S/C15H19FN4O2/c1-20-4-3-19-12(8-20)13(15(18)21)14(17)9-5-10(16)7-11(6-9)22-2/h5-7,17,19H,3-4,8H2,1-2H3,(H2,18,21)/b13-12+,17-14?. The van der Waals surface area contributed by atoms with Crippen molar-refractivity contribution >= 4 is 11.6 Å². The van der Waals surface area contributed by atoms with Gasteiger partial charge in [0.15, 0.2) is 0 Å². The average molecular weight is 306 g/mol. The Kier molecular flexibility index (Phi) is 4.77. The van der Waals surface area contributed by atoms with Gasteiger partial charge in [0.1, 0.15) is 11.6 Å². The lowest BCUT2D eigenvalue weighted by Crippen LogP contribution is -2.42. The topological polar surface area (TPSA) is 91.4 Å². The van der Waals surface area contributed by atoms with Crippen LogP contribution in [0, 0.1) is 11.2 Å². The lowest BCUT2D eigenvalue weighted by Gasteiger charge is -2.28. The summed E-state index contributed by atoms with van der Waals surface area (Å²) in [5, 5.41) is 11.3. The van der Waals surface area contributed by atoms with Gasteiger partial charge in [0.25, 0.3) is 5.91 Å². The summed E-state index contributed by atoms with van der Waals surface area (Å²) in [6.07, 6.45) is 0. The molecule has 1 saturated heterocycles. The molecule has 1 aromatic rings. The molecule has 0 aromatic heterocycles. The minimum atomic E-state index is -0.717. The van der Waals surface area contributed by atoms with E-state index in [9.17, 15) is 9.18 Å². The number of primary amides is 1. The third kappa shape index (κ3) is 3.43. The van der Waals surface area contributed by atoms with Crippen molar-refractivity contribution in [2.24, 2.45) is 5.73 Å². The molecule has 118 valence electrons. The van der Waals surface area contributed by atoms with Gasteiger partial charge in [-0.25, -0.2) is 4.39 Å². The zero-order chi connectivity index (χ0) is 16.3. The van der Waals surface area contributed by atoms with Gasteiger partial charge in [-0.3, -0.25) is 15.1 Å². The smallest absolute Gasteiger partial charge is 0.252 e. The van der Waals surface area contributed by atoms with Gasteiger partial charge in [0, 0.05) is 37.0 Å². The summed E-state index contributed by atoms with van der Waals surface area (Å²) < 4.78 is 18.6. The number of amides is 1. The first-order chi connectivity index (χ1) is 10.4. The van der Waals surface area contributed by atoms with E-state index in [-0.39, 0.29) is 22.6 Å². The highest BCUT2D eigenvalue weighted by molar-refractivity contribution is 6.27. The summed E-state index contributed by atoms with van der Waals surface area (Å²) in [6, 6.07) is 3.89. The minimum absolute atomic E-state index is 0.0687. The largest absolute Gasteiger partial charge is 0.497 e. The summed E-state index contributed by atoms with van der Waals surface area (Å²) in [6.45, 7) is 1.96. The van der Waals surface area contributed by atoms with Gasteiger partial charge < -0.3 is 15.8 Å². The van der Waals surface area contributed by atoms with Crippen molar-refractivity contribution in [2.75, 3.05) is 33.8 Å². The Balaban J connectivity index is 2.45. The van der Waals surface area contributed by atoms with E-state index in [2.05, 4.69) is 5.32 Å². The zero-order valence-electron chi connectivity index (χ0n) is 12.6. The van der Waals surface area contributed by atoms with E-state index in [0.29, 0.717) is 18.8 Å². The summed E-state index contributed by atoms with van der Waals surface area (Å²) in [7, 11) is 3.32. The van der Waals surface area contributed by atoms with Gasteiger partial charge in [-0.2, -0.15) is 0 Å². The second kappa shape index (κ2) is 6.57. The van der Waals surface area contributed by atoms with Crippen molar-refractivity contribution in [1.82, 2.24) is 10.2 Å². The monoisotopic (exact) mass is 306 g/mol. The Morgan fingerprint density at radius 1 is 1.45 bits per heavy atom. The van der Waals surface area contributed by atoms with Gasteiger partial charge >= 0.3 is 0 Å². The lowest BCUT2D eigenvalue weighted by atomic mass is 9.98. The number of nitrogens with one attached hydrogen (secondary N) is 2. The molecule has 0 saturated carbocycles. The lowest BCUT2D eigenvalue weighted by molar-refractivity contribution is -0.114. The fourth-order valence-electron chi connectivity index (χ4n) is 2.36.